The molecule has 1 aliphatic rings. The van der Waals surface area contributed by atoms with Crippen LogP contribution in [0.15, 0.2) is 12.4 Å². The molecule has 0 bridgehead atoms. The van der Waals surface area contributed by atoms with E-state index in [1.807, 2.05) is 6.20 Å². The standard InChI is InChI=1S/C14H26N4/c1-4-14(3,11-15-5-2)12-17-8-9-18-7-6-16-13(18)10-17/h6-7,15H,4-5,8-12H2,1-3H3. The van der Waals surface area contributed by atoms with Gasteiger partial charge >= 0.3 is 0 Å². The summed E-state index contributed by atoms with van der Waals surface area (Å²) < 4.78 is 2.27. The molecule has 1 aromatic heterocycles. The van der Waals surface area contributed by atoms with Crippen molar-refractivity contribution in [3.63, 3.8) is 0 Å². The van der Waals surface area contributed by atoms with Crippen LogP contribution in [0, 0.1) is 5.41 Å². The van der Waals surface area contributed by atoms with Crippen LogP contribution < -0.4 is 5.32 Å². The van der Waals surface area contributed by atoms with Gasteiger partial charge in [-0.25, -0.2) is 4.98 Å². The maximum Gasteiger partial charge on any atom is 0.122 e. The lowest BCUT2D eigenvalue weighted by atomic mass is 9.86. The molecule has 2 rings (SSSR count). The van der Waals surface area contributed by atoms with Gasteiger partial charge in [-0.1, -0.05) is 20.8 Å². The normalized spacial score (nSPS) is 19.5. The largest absolute Gasteiger partial charge is 0.333 e. The Hall–Kier alpha value is -0.870. The van der Waals surface area contributed by atoms with Gasteiger partial charge in [0, 0.05) is 38.6 Å². The van der Waals surface area contributed by atoms with Crippen LogP contribution in [0.3, 0.4) is 0 Å². The van der Waals surface area contributed by atoms with E-state index >= 15 is 0 Å². The summed E-state index contributed by atoms with van der Waals surface area (Å²) in [5, 5.41) is 3.50. The minimum atomic E-state index is 0.366. The Morgan fingerprint density at radius 3 is 2.94 bits per heavy atom. The second-order valence-corrected chi connectivity index (χ2v) is 5.69. The van der Waals surface area contributed by atoms with E-state index in [-0.39, 0.29) is 0 Å². The van der Waals surface area contributed by atoms with Crippen LogP contribution in [-0.4, -0.2) is 40.6 Å². The highest BCUT2D eigenvalue weighted by molar-refractivity contribution is 4.96. The van der Waals surface area contributed by atoms with Gasteiger partial charge in [0.05, 0.1) is 6.54 Å². The molecule has 0 aliphatic carbocycles. The molecular weight excluding hydrogens is 224 g/mol. The summed E-state index contributed by atoms with van der Waals surface area (Å²) in [5.41, 5.74) is 0.366. The van der Waals surface area contributed by atoms with Gasteiger partial charge in [0.25, 0.3) is 0 Å². The molecule has 4 heteroatoms. The van der Waals surface area contributed by atoms with E-state index in [0.717, 1.165) is 39.3 Å². The van der Waals surface area contributed by atoms with Crippen molar-refractivity contribution in [2.24, 2.45) is 5.41 Å². The van der Waals surface area contributed by atoms with Gasteiger partial charge in [0.1, 0.15) is 5.82 Å². The predicted octanol–water partition coefficient (Wildman–Crippen LogP) is 1.72. The Morgan fingerprint density at radius 1 is 1.39 bits per heavy atom. The Morgan fingerprint density at radius 2 is 2.22 bits per heavy atom. The summed E-state index contributed by atoms with van der Waals surface area (Å²) in [4.78, 5) is 6.98. The molecule has 0 amide bonds. The summed E-state index contributed by atoms with van der Waals surface area (Å²) in [6, 6.07) is 0. The average Bonchev–Trinajstić information content (AvgIpc) is 2.84. The van der Waals surface area contributed by atoms with Gasteiger partial charge in [-0.2, -0.15) is 0 Å². The number of nitrogens with one attached hydrogen (secondary N) is 1. The first-order chi connectivity index (χ1) is 8.67. The SMILES string of the molecule is CCNCC(C)(CC)CN1CCn2ccnc2C1. The van der Waals surface area contributed by atoms with Gasteiger partial charge in [-0.15, -0.1) is 0 Å². The van der Waals surface area contributed by atoms with E-state index in [9.17, 15) is 0 Å². The minimum absolute atomic E-state index is 0.366. The van der Waals surface area contributed by atoms with E-state index in [0.29, 0.717) is 5.41 Å². The van der Waals surface area contributed by atoms with E-state index in [1.165, 1.54) is 12.2 Å². The topological polar surface area (TPSA) is 33.1 Å². The highest BCUT2D eigenvalue weighted by Gasteiger charge is 2.27. The smallest absolute Gasteiger partial charge is 0.122 e. The van der Waals surface area contributed by atoms with Crippen molar-refractivity contribution in [1.82, 2.24) is 19.8 Å². The third kappa shape index (κ3) is 3.12. The Bertz CT molecular complexity index is 374. The molecule has 1 atom stereocenters. The molecule has 0 saturated carbocycles. The van der Waals surface area contributed by atoms with Gasteiger partial charge in [-0.05, 0) is 18.4 Å². The lowest BCUT2D eigenvalue weighted by molar-refractivity contribution is 0.127. The fourth-order valence-electron chi connectivity index (χ4n) is 2.62. The van der Waals surface area contributed by atoms with E-state index < -0.39 is 0 Å². The molecule has 18 heavy (non-hydrogen) atoms. The van der Waals surface area contributed by atoms with Crippen molar-refractivity contribution in [2.45, 2.75) is 40.3 Å². The van der Waals surface area contributed by atoms with Crippen LogP contribution in [0.4, 0.5) is 0 Å². The minimum Gasteiger partial charge on any atom is -0.333 e. The molecular formula is C14H26N4. The molecule has 102 valence electrons. The number of aromatic nitrogens is 2. The summed E-state index contributed by atoms with van der Waals surface area (Å²) >= 11 is 0. The molecule has 0 radical (unpaired) electrons. The third-order valence-electron chi connectivity index (χ3n) is 4.08. The molecule has 1 aromatic rings. The highest BCUT2D eigenvalue weighted by atomic mass is 15.2. The van der Waals surface area contributed by atoms with Crippen molar-refractivity contribution in [2.75, 3.05) is 26.2 Å². The van der Waals surface area contributed by atoms with Gasteiger partial charge < -0.3 is 9.88 Å². The summed E-state index contributed by atoms with van der Waals surface area (Å²) in [5.74, 6) is 1.21. The van der Waals surface area contributed by atoms with Crippen LogP contribution in [0.1, 0.15) is 33.0 Å². The Labute approximate surface area is 110 Å². The fourth-order valence-corrected chi connectivity index (χ4v) is 2.62. The van der Waals surface area contributed by atoms with Gasteiger partial charge in [-0.3, -0.25) is 4.90 Å². The molecule has 2 heterocycles. The molecule has 0 fully saturated rings. The maximum absolute atomic E-state index is 4.43. The van der Waals surface area contributed by atoms with Crippen LogP contribution in [0.2, 0.25) is 0 Å². The van der Waals surface area contributed by atoms with Crippen LogP contribution in [0.5, 0.6) is 0 Å². The lowest BCUT2D eigenvalue weighted by Crippen LogP contribution is -2.44. The third-order valence-corrected chi connectivity index (χ3v) is 4.08. The second kappa shape index (κ2) is 5.85. The second-order valence-electron chi connectivity index (χ2n) is 5.69. The summed E-state index contributed by atoms with van der Waals surface area (Å²) in [7, 11) is 0. The first-order valence-corrected chi connectivity index (χ1v) is 7.10. The zero-order valence-corrected chi connectivity index (χ0v) is 11.9. The number of nitrogens with zero attached hydrogens (tertiary/aromatic N) is 3. The van der Waals surface area contributed by atoms with E-state index in [2.05, 4.69) is 46.7 Å². The lowest BCUT2D eigenvalue weighted by Gasteiger charge is -2.37. The maximum atomic E-state index is 4.43. The number of hydrogen-bond donors (Lipinski definition) is 1. The Balaban J connectivity index is 1.93. The summed E-state index contributed by atoms with van der Waals surface area (Å²) in [6.45, 7) is 13.4. The molecule has 0 aromatic carbocycles. The van der Waals surface area contributed by atoms with Crippen LogP contribution >= 0.6 is 0 Å². The molecule has 4 nitrogen and oxygen atoms in total. The number of hydrogen-bond acceptors (Lipinski definition) is 3. The Kier molecular flexibility index (Phi) is 4.40. The number of imidazole rings is 1. The van der Waals surface area contributed by atoms with E-state index in [1.54, 1.807) is 0 Å². The average molecular weight is 250 g/mol. The van der Waals surface area contributed by atoms with Gasteiger partial charge in [0.2, 0.25) is 0 Å². The quantitative estimate of drug-likeness (QED) is 0.834. The molecule has 1 unspecified atom stereocenters. The van der Waals surface area contributed by atoms with Crippen molar-refractivity contribution in [1.29, 1.82) is 0 Å². The highest BCUT2D eigenvalue weighted by Crippen LogP contribution is 2.23. The van der Waals surface area contributed by atoms with Crippen molar-refractivity contribution >= 4 is 0 Å². The first-order valence-electron chi connectivity index (χ1n) is 7.10. The first kappa shape index (κ1) is 13.6. The monoisotopic (exact) mass is 250 g/mol. The van der Waals surface area contributed by atoms with Crippen molar-refractivity contribution < 1.29 is 0 Å². The molecule has 0 spiro atoms. The molecule has 0 saturated heterocycles. The predicted molar refractivity (Wildman–Crippen MR) is 74.4 cm³/mol. The van der Waals surface area contributed by atoms with E-state index in [4.69, 9.17) is 0 Å². The zero-order valence-electron chi connectivity index (χ0n) is 11.9. The molecule has 1 aliphatic heterocycles. The van der Waals surface area contributed by atoms with Crippen molar-refractivity contribution in [3.8, 4) is 0 Å². The fraction of sp³-hybridized carbons (Fsp3) is 0.786. The van der Waals surface area contributed by atoms with Crippen LogP contribution in [-0.2, 0) is 13.1 Å². The number of fused-ring (bicyclic) bond motifs is 1. The van der Waals surface area contributed by atoms with Crippen molar-refractivity contribution in [3.05, 3.63) is 18.2 Å². The van der Waals surface area contributed by atoms with Crippen LogP contribution in [0.25, 0.3) is 0 Å². The molecule has 1 N–H and O–H groups in total. The zero-order chi connectivity index (χ0) is 13.0. The number of rotatable bonds is 6. The summed E-state index contributed by atoms with van der Waals surface area (Å²) in [6.07, 6.45) is 5.21. The van der Waals surface area contributed by atoms with Gasteiger partial charge in [0.15, 0.2) is 0 Å².